The van der Waals surface area contributed by atoms with Crippen molar-refractivity contribution in [1.29, 1.82) is 0 Å². The summed E-state index contributed by atoms with van der Waals surface area (Å²) in [7, 11) is 0. The number of rotatable bonds is 0. The first kappa shape index (κ1) is 16.0. The fourth-order valence-corrected chi connectivity index (χ4v) is 0. The van der Waals surface area contributed by atoms with Crippen LogP contribution in [-0.2, 0) is 19.8 Å². The maximum absolute atomic E-state index is 8.06. The van der Waals surface area contributed by atoms with E-state index in [1.807, 2.05) is 0 Å². The SMILES string of the molecule is [H-].[H-].[K+].[Li+].[O]=[Mn]. The van der Waals surface area contributed by atoms with Crippen LogP contribution in [-0.4, -0.2) is 0 Å². The van der Waals surface area contributed by atoms with Gasteiger partial charge in [0.05, 0.1) is 0 Å². The Kier molecular flexibility index (Phi) is 70.7. The molecule has 0 rings (SSSR count). The predicted molar refractivity (Wildman–Crippen MR) is 2.91 cm³/mol. The zero-order valence-electron chi connectivity index (χ0n) is 4.79. The molecule has 0 heterocycles. The minimum atomic E-state index is 0. The van der Waals surface area contributed by atoms with Crippen molar-refractivity contribution in [2.45, 2.75) is 0 Å². The molecular weight excluding hydrogens is 117 g/mol. The fraction of sp³-hybridized carbons (Fsp3) is 0. The molecule has 0 aliphatic carbocycles. The van der Waals surface area contributed by atoms with Gasteiger partial charge in [0, 0.05) is 0 Å². The van der Waals surface area contributed by atoms with E-state index in [0.29, 0.717) is 0 Å². The van der Waals surface area contributed by atoms with Gasteiger partial charge in [0.15, 0.2) is 0 Å². The molecule has 0 bridgehead atoms. The molecule has 0 aliphatic heterocycles. The summed E-state index contributed by atoms with van der Waals surface area (Å²) in [5.41, 5.74) is 0. The standard InChI is InChI=1S/K.Li.Mn.O.2H/q2*+1;;;2*-1. The molecule has 0 saturated heterocycles. The molecular formula is H2KLiMnO. The van der Waals surface area contributed by atoms with Gasteiger partial charge in [0.25, 0.3) is 0 Å². The van der Waals surface area contributed by atoms with Crippen LogP contribution in [0.25, 0.3) is 0 Å². The molecule has 4 heavy (non-hydrogen) atoms. The third-order valence-corrected chi connectivity index (χ3v) is 0. The molecule has 1 nitrogen and oxygen atoms in total. The summed E-state index contributed by atoms with van der Waals surface area (Å²) < 4.78 is 8.06. The second kappa shape index (κ2) is 17.7. The van der Waals surface area contributed by atoms with Crippen molar-refractivity contribution in [2.24, 2.45) is 0 Å². The van der Waals surface area contributed by atoms with E-state index in [1.54, 1.807) is 15.9 Å². The van der Waals surface area contributed by atoms with E-state index in [0.717, 1.165) is 0 Å². The van der Waals surface area contributed by atoms with Gasteiger partial charge in [-0.15, -0.1) is 0 Å². The van der Waals surface area contributed by atoms with Gasteiger partial charge in [-0.1, -0.05) is 0 Å². The molecule has 0 radical (unpaired) electrons. The molecule has 4 heteroatoms. The molecule has 0 fully saturated rings. The first-order valence-corrected chi connectivity index (χ1v) is 0.636. The first-order valence-electron chi connectivity index (χ1n) is 0.154. The Morgan fingerprint density at radius 3 is 1.50 bits per heavy atom. The number of hydrogen-bond donors (Lipinski definition) is 0. The van der Waals surface area contributed by atoms with Crippen molar-refractivity contribution < 1.29 is 92.9 Å². The third-order valence-electron chi connectivity index (χ3n) is 0. The Balaban J connectivity index is -0.000000000833. The van der Waals surface area contributed by atoms with Crippen LogP contribution in [0.3, 0.4) is 0 Å². The molecule has 0 unspecified atom stereocenters. The topological polar surface area (TPSA) is 17.1 Å². The van der Waals surface area contributed by atoms with Gasteiger partial charge in [0.2, 0.25) is 0 Å². The summed E-state index contributed by atoms with van der Waals surface area (Å²) in [5, 5.41) is 0. The van der Waals surface area contributed by atoms with Crippen molar-refractivity contribution in [1.82, 2.24) is 0 Å². The molecule has 0 aromatic carbocycles. The van der Waals surface area contributed by atoms with Crippen LogP contribution in [0.15, 0.2) is 0 Å². The molecule has 0 aromatic heterocycles. The van der Waals surface area contributed by atoms with Crippen LogP contribution < -0.4 is 70.2 Å². The van der Waals surface area contributed by atoms with Crippen LogP contribution in [0.4, 0.5) is 0 Å². The Morgan fingerprint density at radius 2 is 1.50 bits per heavy atom. The number of hydrogen-bond acceptors (Lipinski definition) is 1. The molecule has 17 valence electrons. The molecule has 0 aromatic rings. The summed E-state index contributed by atoms with van der Waals surface area (Å²) >= 11 is 1.69. The van der Waals surface area contributed by atoms with E-state index in [1.165, 1.54) is 0 Å². The maximum atomic E-state index is 8.06. The van der Waals surface area contributed by atoms with Gasteiger partial charge in [-0.05, 0) is 0 Å². The molecule has 0 amide bonds. The summed E-state index contributed by atoms with van der Waals surface area (Å²) in [5.74, 6) is 0. The third kappa shape index (κ3) is 8.82. The van der Waals surface area contributed by atoms with Crippen molar-refractivity contribution in [3.05, 3.63) is 0 Å². The quantitative estimate of drug-likeness (QED) is 0.290. The van der Waals surface area contributed by atoms with E-state index >= 15 is 0 Å². The van der Waals surface area contributed by atoms with Crippen molar-refractivity contribution in [2.75, 3.05) is 0 Å². The van der Waals surface area contributed by atoms with Crippen LogP contribution in [0.5, 0.6) is 0 Å². The van der Waals surface area contributed by atoms with Crippen LogP contribution in [0.2, 0.25) is 0 Å². The van der Waals surface area contributed by atoms with Crippen molar-refractivity contribution >= 4 is 0 Å². The molecule has 0 saturated carbocycles. The average molecular weight is 119 g/mol. The van der Waals surface area contributed by atoms with Crippen molar-refractivity contribution in [3.8, 4) is 0 Å². The molecule has 0 aliphatic rings. The fourth-order valence-electron chi connectivity index (χ4n) is 0. The van der Waals surface area contributed by atoms with Crippen LogP contribution >= 0.6 is 0 Å². The second-order valence-corrected chi connectivity index (χ2v) is 0. The predicted octanol–water partition coefficient (Wildman–Crippen LogP) is -5.89. The summed E-state index contributed by atoms with van der Waals surface area (Å²) in [6.45, 7) is 0. The minimum absolute atomic E-state index is 0. The van der Waals surface area contributed by atoms with Gasteiger partial charge in [-0.3, -0.25) is 0 Å². The van der Waals surface area contributed by atoms with E-state index in [9.17, 15) is 0 Å². The molecule has 0 atom stereocenters. The van der Waals surface area contributed by atoms with Gasteiger partial charge in [-0.25, -0.2) is 0 Å². The van der Waals surface area contributed by atoms with Crippen molar-refractivity contribution in [3.63, 3.8) is 0 Å². The average Bonchev–Trinajstić information content (AvgIpc) is 1.00. The van der Waals surface area contributed by atoms with Crippen LogP contribution in [0.1, 0.15) is 2.85 Å². The normalized spacial score (nSPS) is 1.00. The monoisotopic (exact) mass is 119 g/mol. The van der Waals surface area contributed by atoms with Crippen LogP contribution in [0, 0.1) is 0 Å². The first-order chi connectivity index (χ1) is 1.00. The Labute approximate surface area is 90.9 Å². The van der Waals surface area contributed by atoms with E-state index < -0.39 is 0 Å². The van der Waals surface area contributed by atoms with E-state index in [-0.39, 0.29) is 73.1 Å². The van der Waals surface area contributed by atoms with Gasteiger partial charge in [0.1, 0.15) is 0 Å². The van der Waals surface area contributed by atoms with Gasteiger partial charge < -0.3 is 2.85 Å². The second-order valence-electron chi connectivity index (χ2n) is 0. The Hall–Kier alpha value is 2.55. The summed E-state index contributed by atoms with van der Waals surface area (Å²) in [6.07, 6.45) is 0. The van der Waals surface area contributed by atoms with E-state index in [2.05, 4.69) is 0 Å². The Morgan fingerprint density at radius 1 is 1.50 bits per heavy atom. The van der Waals surface area contributed by atoms with Gasteiger partial charge >= 0.3 is 90.0 Å². The summed E-state index contributed by atoms with van der Waals surface area (Å²) in [6, 6.07) is 0. The van der Waals surface area contributed by atoms with Gasteiger partial charge in [-0.2, -0.15) is 0 Å². The molecule has 0 N–H and O–H groups in total. The summed E-state index contributed by atoms with van der Waals surface area (Å²) in [4.78, 5) is 0. The zero-order valence-corrected chi connectivity index (χ0v) is 7.09. The Bertz CT molecular complexity index is 13.5. The van der Waals surface area contributed by atoms with E-state index in [4.69, 9.17) is 3.83 Å². The zero-order chi connectivity index (χ0) is 2.00. The molecule has 0 spiro atoms.